The largest absolute Gasteiger partial charge is 0.315 e. The van der Waals surface area contributed by atoms with Crippen molar-refractivity contribution in [2.45, 2.75) is 6.92 Å². The van der Waals surface area contributed by atoms with E-state index in [0.717, 1.165) is 0 Å². The molecule has 0 bridgehead atoms. The summed E-state index contributed by atoms with van der Waals surface area (Å²) in [5.41, 5.74) is -1.99. The summed E-state index contributed by atoms with van der Waals surface area (Å²) in [6, 6.07) is 0. The zero-order valence-corrected chi connectivity index (χ0v) is 9.99. The fraction of sp³-hybridized carbons (Fsp3) is 0.125. The fourth-order valence-electron chi connectivity index (χ4n) is 1.38. The van der Waals surface area contributed by atoms with E-state index in [1.807, 2.05) is 0 Å². The SMILES string of the molecule is Cc1nc2[nH]c(=O)c(=O)[nH]c2c([N+](=O)[O-])c1Br. The number of H-pyrrole nitrogens is 2. The number of aromatic nitrogens is 3. The number of rotatable bonds is 1. The number of aryl methyl sites for hydroxylation is 1. The van der Waals surface area contributed by atoms with Crippen LogP contribution in [0, 0.1) is 17.0 Å². The van der Waals surface area contributed by atoms with E-state index in [9.17, 15) is 19.7 Å². The minimum atomic E-state index is -0.960. The van der Waals surface area contributed by atoms with Gasteiger partial charge in [-0.15, -0.1) is 0 Å². The standard InChI is InChI=1S/C8H5BrN4O4/c1-2-3(9)5(13(16)17)4-6(10-2)12-8(15)7(14)11-4/h1H3,(H,11,14)(H,10,12,15). The number of hydrogen-bond donors (Lipinski definition) is 2. The molecule has 2 rings (SSSR count). The zero-order valence-electron chi connectivity index (χ0n) is 8.41. The van der Waals surface area contributed by atoms with E-state index >= 15 is 0 Å². The van der Waals surface area contributed by atoms with Crippen molar-refractivity contribution in [3.63, 3.8) is 0 Å². The van der Waals surface area contributed by atoms with Crippen molar-refractivity contribution in [1.82, 2.24) is 15.0 Å². The summed E-state index contributed by atoms with van der Waals surface area (Å²) in [6.45, 7) is 1.54. The Morgan fingerprint density at radius 1 is 1.29 bits per heavy atom. The lowest BCUT2D eigenvalue weighted by molar-refractivity contribution is -0.384. The van der Waals surface area contributed by atoms with Crippen LogP contribution in [0.5, 0.6) is 0 Å². The second-order valence-electron chi connectivity index (χ2n) is 3.25. The molecule has 0 aliphatic rings. The van der Waals surface area contributed by atoms with E-state index in [4.69, 9.17) is 0 Å². The Bertz CT molecular complexity index is 747. The number of nitro groups is 1. The maximum atomic E-state index is 11.1. The van der Waals surface area contributed by atoms with Crippen LogP contribution in [0.15, 0.2) is 14.1 Å². The van der Waals surface area contributed by atoms with Crippen molar-refractivity contribution in [2.24, 2.45) is 0 Å². The molecule has 2 aromatic heterocycles. The van der Waals surface area contributed by atoms with Crippen molar-refractivity contribution in [2.75, 3.05) is 0 Å². The van der Waals surface area contributed by atoms with Crippen molar-refractivity contribution in [3.05, 3.63) is 41.0 Å². The molecule has 17 heavy (non-hydrogen) atoms. The van der Waals surface area contributed by atoms with Crippen LogP contribution in [-0.2, 0) is 0 Å². The first-order valence-electron chi connectivity index (χ1n) is 4.38. The molecule has 0 unspecified atom stereocenters. The number of nitrogens with zero attached hydrogens (tertiary/aromatic N) is 2. The number of hydrogen-bond acceptors (Lipinski definition) is 5. The lowest BCUT2D eigenvalue weighted by atomic mass is 10.3. The van der Waals surface area contributed by atoms with E-state index in [1.54, 1.807) is 6.92 Å². The van der Waals surface area contributed by atoms with Gasteiger partial charge in [0.05, 0.1) is 10.6 Å². The van der Waals surface area contributed by atoms with Crippen LogP contribution in [0.3, 0.4) is 0 Å². The zero-order chi connectivity index (χ0) is 12.7. The molecule has 0 spiro atoms. The summed E-state index contributed by atoms with van der Waals surface area (Å²) >= 11 is 3.03. The predicted octanol–water partition coefficient (Wildman–Crippen LogP) is 0.591. The lowest BCUT2D eigenvalue weighted by Gasteiger charge is -2.03. The first kappa shape index (κ1) is 11.5. The average molecular weight is 301 g/mol. The Kier molecular flexibility index (Phi) is 2.54. The minimum Gasteiger partial charge on any atom is -0.309 e. The van der Waals surface area contributed by atoms with Crippen molar-refractivity contribution >= 4 is 32.8 Å². The Labute approximate surface area is 101 Å². The molecular formula is C8H5BrN4O4. The molecule has 88 valence electrons. The van der Waals surface area contributed by atoms with Gasteiger partial charge in [-0.1, -0.05) is 0 Å². The number of pyridine rings is 1. The van der Waals surface area contributed by atoms with E-state index in [0.29, 0.717) is 5.69 Å². The molecular weight excluding hydrogens is 296 g/mol. The second-order valence-corrected chi connectivity index (χ2v) is 4.04. The first-order valence-corrected chi connectivity index (χ1v) is 5.18. The van der Waals surface area contributed by atoms with E-state index < -0.39 is 16.0 Å². The molecule has 0 saturated heterocycles. The minimum absolute atomic E-state index is 0.0259. The van der Waals surface area contributed by atoms with Crippen LogP contribution in [0.25, 0.3) is 11.2 Å². The molecule has 0 aliphatic heterocycles. The van der Waals surface area contributed by atoms with Crippen LogP contribution in [0.1, 0.15) is 5.69 Å². The molecule has 2 N–H and O–H groups in total. The highest BCUT2D eigenvalue weighted by Gasteiger charge is 2.22. The molecule has 0 amide bonds. The normalized spacial score (nSPS) is 10.7. The molecule has 0 aliphatic carbocycles. The van der Waals surface area contributed by atoms with E-state index in [1.165, 1.54) is 0 Å². The van der Waals surface area contributed by atoms with Gasteiger partial charge in [0.1, 0.15) is 4.47 Å². The van der Waals surface area contributed by atoms with Crippen molar-refractivity contribution in [3.8, 4) is 0 Å². The monoisotopic (exact) mass is 300 g/mol. The Hall–Kier alpha value is -2.03. The fourth-order valence-corrected chi connectivity index (χ4v) is 1.81. The van der Waals surface area contributed by atoms with Crippen molar-refractivity contribution < 1.29 is 4.92 Å². The summed E-state index contributed by atoms with van der Waals surface area (Å²) in [5, 5.41) is 10.9. The third-order valence-electron chi connectivity index (χ3n) is 2.14. The Balaban J connectivity index is 3.09. The highest BCUT2D eigenvalue weighted by Crippen LogP contribution is 2.31. The smallest absolute Gasteiger partial charge is 0.309 e. The lowest BCUT2D eigenvalue weighted by Crippen LogP contribution is -2.29. The summed E-state index contributed by atoms with van der Waals surface area (Å²) in [6.07, 6.45) is 0. The number of halogens is 1. The summed E-state index contributed by atoms with van der Waals surface area (Å²) < 4.78 is 0.165. The Morgan fingerprint density at radius 2 is 1.88 bits per heavy atom. The topological polar surface area (TPSA) is 122 Å². The maximum absolute atomic E-state index is 11.1. The van der Waals surface area contributed by atoms with Crippen LogP contribution in [0.2, 0.25) is 0 Å². The quantitative estimate of drug-likeness (QED) is 0.453. The molecule has 2 aromatic rings. The average Bonchev–Trinajstić information content (AvgIpc) is 2.23. The van der Waals surface area contributed by atoms with Gasteiger partial charge in [-0.3, -0.25) is 19.7 Å². The van der Waals surface area contributed by atoms with Gasteiger partial charge >= 0.3 is 16.8 Å². The van der Waals surface area contributed by atoms with Gasteiger partial charge in [-0.25, -0.2) is 4.98 Å². The van der Waals surface area contributed by atoms with Gasteiger partial charge in [-0.2, -0.15) is 0 Å². The second kappa shape index (κ2) is 3.77. The molecule has 8 nitrogen and oxygen atoms in total. The number of fused-ring (bicyclic) bond motifs is 1. The molecule has 0 atom stereocenters. The van der Waals surface area contributed by atoms with Crippen LogP contribution in [0.4, 0.5) is 5.69 Å². The molecule has 9 heteroatoms. The highest BCUT2D eigenvalue weighted by atomic mass is 79.9. The molecule has 0 fully saturated rings. The maximum Gasteiger partial charge on any atom is 0.315 e. The predicted molar refractivity (Wildman–Crippen MR) is 62.1 cm³/mol. The van der Waals surface area contributed by atoms with Crippen molar-refractivity contribution in [1.29, 1.82) is 0 Å². The summed E-state index contributed by atoms with van der Waals surface area (Å²) in [7, 11) is 0. The third-order valence-corrected chi connectivity index (χ3v) is 3.09. The van der Waals surface area contributed by atoms with Gasteiger partial charge in [0.2, 0.25) is 0 Å². The molecule has 0 aromatic carbocycles. The Morgan fingerprint density at radius 3 is 2.47 bits per heavy atom. The van der Waals surface area contributed by atoms with Crippen LogP contribution >= 0.6 is 15.9 Å². The van der Waals surface area contributed by atoms with Gasteiger partial charge < -0.3 is 9.97 Å². The van der Waals surface area contributed by atoms with Crippen LogP contribution in [-0.4, -0.2) is 19.9 Å². The summed E-state index contributed by atoms with van der Waals surface area (Å²) in [4.78, 5) is 40.8. The summed E-state index contributed by atoms with van der Waals surface area (Å²) in [5.74, 6) is 0. The van der Waals surface area contributed by atoms with E-state index in [-0.39, 0.29) is 21.3 Å². The highest BCUT2D eigenvalue weighted by molar-refractivity contribution is 9.10. The van der Waals surface area contributed by atoms with Gasteiger partial charge in [0.15, 0.2) is 11.2 Å². The van der Waals surface area contributed by atoms with Gasteiger partial charge in [0, 0.05) is 0 Å². The van der Waals surface area contributed by atoms with Gasteiger partial charge in [0.25, 0.3) is 0 Å². The molecule has 0 radical (unpaired) electrons. The van der Waals surface area contributed by atoms with E-state index in [2.05, 4.69) is 30.9 Å². The third kappa shape index (κ3) is 1.73. The number of nitrogens with one attached hydrogen (secondary N) is 2. The van der Waals surface area contributed by atoms with Crippen LogP contribution < -0.4 is 11.1 Å². The molecule has 0 saturated carbocycles. The molecule has 2 heterocycles. The number of aromatic amines is 2. The van der Waals surface area contributed by atoms with Gasteiger partial charge in [-0.05, 0) is 22.9 Å². The first-order chi connectivity index (χ1) is 7.91.